The molecular weight excluding hydrogens is 440 g/mol. The van der Waals surface area contributed by atoms with Crippen LogP contribution in [0.2, 0.25) is 0 Å². The van der Waals surface area contributed by atoms with Gasteiger partial charge in [-0.05, 0) is 43.2 Å². The van der Waals surface area contributed by atoms with Gasteiger partial charge in [0.25, 0.3) is 5.56 Å². The van der Waals surface area contributed by atoms with Gasteiger partial charge in [0.05, 0.1) is 10.8 Å². The number of aromatic nitrogens is 5. The number of rotatable bonds is 5. The molecule has 1 saturated carbocycles. The van der Waals surface area contributed by atoms with Gasteiger partial charge in [0.1, 0.15) is 12.6 Å². The zero-order chi connectivity index (χ0) is 20.0. The van der Waals surface area contributed by atoms with Crippen LogP contribution in [0.15, 0.2) is 51.9 Å². The van der Waals surface area contributed by atoms with Crippen molar-refractivity contribution in [2.24, 2.45) is 0 Å². The minimum absolute atomic E-state index is 0.103. The Kier molecular flexibility index (Phi) is 4.27. The number of nitrogens with zero attached hydrogens (tertiary/aromatic N) is 5. The number of nitrogens with one attached hydrogen (secondary N) is 1. The summed E-state index contributed by atoms with van der Waals surface area (Å²) in [7, 11) is 0. The van der Waals surface area contributed by atoms with Gasteiger partial charge in [-0.3, -0.25) is 14.9 Å². The van der Waals surface area contributed by atoms with Crippen LogP contribution in [0.25, 0.3) is 16.4 Å². The topological polar surface area (TPSA) is 103 Å². The van der Waals surface area contributed by atoms with E-state index in [0.717, 1.165) is 22.0 Å². The number of carbonyl (C=O) groups is 1. The monoisotopic (exact) mass is 454 g/mol. The maximum Gasteiger partial charge on any atom is 0.275 e. The number of halogens is 1. The molecule has 0 aliphatic heterocycles. The van der Waals surface area contributed by atoms with Crippen molar-refractivity contribution in [3.05, 3.63) is 57.4 Å². The minimum atomic E-state index is -0.454. The number of amides is 1. The lowest BCUT2D eigenvalue weighted by atomic mass is 10.2. The molecule has 1 amide bonds. The van der Waals surface area contributed by atoms with E-state index in [-0.39, 0.29) is 24.2 Å². The van der Waals surface area contributed by atoms with E-state index < -0.39 is 5.91 Å². The molecule has 3 heterocycles. The van der Waals surface area contributed by atoms with Gasteiger partial charge in [-0.2, -0.15) is 4.98 Å². The van der Waals surface area contributed by atoms with Crippen LogP contribution in [-0.4, -0.2) is 36.4 Å². The first-order chi connectivity index (χ1) is 14.1. The van der Waals surface area contributed by atoms with Crippen LogP contribution in [0.1, 0.15) is 12.8 Å². The third-order valence-electron chi connectivity index (χ3n) is 4.48. The van der Waals surface area contributed by atoms with Gasteiger partial charge in [-0.25, -0.2) is 9.20 Å². The molecule has 0 bridgehead atoms. The summed E-state index contributed by atoms with van der Waals surface area (Å²) in [5.74, 6) is 0.0554. The van der Waals surface area contributed by atoms with Gasteiger partial charge in [-0.1, -0.05) is 22.0 Å². The second-order valence-electron chi connectivity index (χ2n) is 6.76. The molecule has 1 aliphatic carbocycles. The van der Waals surface area contributed by atoms with E-state index in [0.29, 0.717) is 22.3 Å². The predicted octanol–water partition coefficient (Wildman–Crippen LogP) is 2.38. The second-order valence-corrected chi connectivity index (χ2v) is 7.68. The molecule has 1 N–H and O–H groups in total. The largest absolute Gasteiger partial charge is 0.473 e. The summed E-state index contributed by atoms with van der Waals surface area (Å²) in [5.41, 5.74) is 0.239. The number of hydrogen-bond acceptors (Lipinski definition) is 6. The summed E-state index contributed by atoms with van der Waals surface area (Å²) in [6, 6.07) is 10.7. The fraction of sp³-hybridized carbons (Fsp3) is 0.211. The summed E-state index contributed by atoms with van der Waals surface area (Å²) < 4.78 is 9.36. The third-order valence-corrected chi connectivity index (χ3v) is 4.97. The van der Waals surface area contributed by atoms with Crippen molar-refractivity contribution in [2.75, 3.05) is 5.32 Å². The molecule has 1 fully saturated rings. The molecule has 1 aliphatic rings. The van der Waals surface area contributed by atoms with Crippen molar-refractivity contribution >= 4 is 44.2 Å². The first-order valence-electron chi connectivity index (χ1n) is 9.05. The molecule has 0 saturated heterocycles. The van der Waals surface area contributed by atoms with Crippen LogP contribution in [0.4, 0.5) is 5.95 Å². The van der Waals surface area contributed by atoms with E-state index in [4.69, 9.17) is 4.74 Å². The number of ether oxygens (including phenoxy) is 1. The highest BCUT2D eigenvalue weighted by Crippen LogP contribution is 2.30. The Morgan fingerprint density at radius 1 is 1.21 bits per heavy atom. The highest BCUT2D eigenvalue weighted by atomic mass is 79.9. The highest BCUT2D eigenvalue weighted by Gasteiger charge is 2.26. The fourth-order valence-corrected chi connectivity index (χ4v) is 3.31. The van der Waals surface area contributed by atoms with Gasteiger partial charge in [0, 0.05) is 10.7 Å². The molecule has 9 nitrogen and oxygen atoms in total. The molecule has 0 atom stereocenters. The van der Waals surface area contributed by atoms with Crippen LogP contribution >= 0.6 is 15.9 Å². The molecule has 10 heteroatoms. The Morgan fingerprint density at radius 3 is 2.86 bits per heavy atom. The molecular formula is C19H15BrN6O3. The van der Waals surface area contributed by atoms with Crippen molar-refractivity contribution in [1.29, 1.82) is 0 Å². The van der Waals surface area contributed by atoms with Gasteiger partial charge in [0.15, 0.2) is 5.65 Å². The Balaban J connectivity index is 1.45. The molecule has 0 unspecified atom stereocenters. The summed E-state index contributed by atoms with van der Waals surface area (Å²) in [5, 5.41) is 12.1. The van der Waals surface area contributed by atoms with Crippen molar-refractivity contribution in [1.82, 2.24) is 24.4 Å². The van der Waals surface area contributed by atoms with E-state index in [1.807, 2.05) is 12.1 Å². The molecule has 5 rings (SSSR count). The second kappa shape index (κ2) is 6.96. The molecule has 0 radical (unpaired) electrons. The van der Waals surface area contributed by atoms with Crippen LogP contribution in [-0.2, 0) is 11.3 Å². The summed E-state index contributed by atoms with van der Waals surface area (Å²) in [6.45, 7) is -0.276. The number of carbonyl (C=O) groups excluding carboxylic acids is 1. The Hall–Kier alpha value is -3.27. The minimum Gasteiger partial charge on any atom is -0.473 e. The van der Waals surface area contributed by atoms with Crippen molar-refractivity contribution in [2.45, 2.75) is 25.5 Å². The molecule has 146 valence electrons. The third kappa shape index (κ3) is 3.58. The van der Waals surface area contributed by atoms with Gasteiger partial charge in [0.2, 0.25) is 17.7 Å². The van der Waals surface area contributed by atoms with Crippen LogP contribution in [0.5, 0.6) is 5.88 Å². The van der Waals surface area contributed by atoms with Gasteiger partial charge in [-0.15, -0.1) is 10.2 Å². The van der Waals surface area contributed by atoms with Crippen LogP contribution in [0, 0.1) is 0 Å². The van der Waals surface area contributed by atoms with Crippen LogP contribution < -0.4 is 15.6 Å². The number of hydrogen-bond donors (Lipinski definition) is 1. The first kappa shape index (κ1) is 17.8. The SMILES string of the molecule is O=C(Cn1nc(OC2CC2)c2cc(Br)ccc2c1=O)Nc1nc2ccccn2n1. The van der Waals surface area contributed by atoms with Crippen molar-refractivity contribution < 1.29 is 9.53 Å². The zero-order valence-corrected chi connectivity index (χ0v) is 16.7. The van der Waals surface area contributed by atoms with Crippen LogP contribution in [0.3, 0.4) is 0 Å². The number of fused-ring (bicyclic) bond motifs is 2. The number of anilines is 1. The lowest BCUT2D eigenvalue weighted by molar-refractivity contribution is -0.117. The average Bonchev–Trinajstić information content (AvgIpc) is 3.42. The normalized spacial score (nSPS) is 13.7. The Labute approximate surface area is 172 Å². The summed E-state index contributed by atoms with van der Waals surface area (Å²) in [6.07, 6.45) is 3.74. The Bertz CT molecular complexity index is 1280. The molecule has 3 aromatic heterocycles. The lowest BCUT2D eigenvalue weighted by Crippen LogP contribution is -2.30. The summed E-state index contributed by atoms with van der Waals surface area (Å²) in [4.78, 5) is 29.6. The van der Waals surface area contributed by atoms with Crippen molar-refractivity contribution in [3.63, 3.8) is 0 Å². The fourth-order valence-electron chi connectivity index (χ4n) is 2.95. The predicted molar refractivity (Wildman–Crippen MR) is 109 cm³/mol. The smallest absolute Gasteiger partial charge is 0.275 e. The van der Waals surface area contributed by atoms with Gasteiger partial charge < -0.3 is 4.74 Å². The van der Waals surface area contributed by atoms with E-state index in [2.05, 4.69) is 36.4 Å². The molecule has 1 aromatic carbocycles. The molecule has 4 aromatic rings. The maximum atomic E-state index is 12.8. The average molecular weight is 455 g/mol. The van der Waals surface area contributed by atoms with E-state index in [9.17, 15) is 9.59 Å². The first-order valence-corrected chi connectivity index (χ1v) is 9.84. The Morgan fingerprint density at radius 2 is 2.07 bits per heavy atom. The van der Waals surface area contributed by atoms with Gasteiger partial charge >= 0.3 is 0 Å². The zero-order valence-electron chi connectivity index (χ0n) is 15.1. The molecule has 0 spiro atoms. The highest BCUT2D eigenvalue weighted by molar-refractivity contribution is 9.10. The summed E-state index contributed by atoms with van der Waals surface area (Å²) >= 11 is 3.41. The van der Waals surface area contributed by atoms with E-state index in [1.165, 1.54) is 0 Å². The number of benzene rings is 1. The van der Waals surface area contributed by atoms with Crippen molar-refractivity contribution in [3.8, 4) is 5.88 Å². The molecule has 29 heavy (non-hydrogen) atoms. The lowest BCUT2D eigenvalue weighted by Gasteiger charge is -2.11. The maximum absolute atomic E-state index is 12.8. The van der Waals surface area contributed by atoms with E-state index >= 15 is 0 Å². The van der Waals surface area contributed by atoms with E-state index in [1.54, 1.807) is 35.0 Å². The quantitative estimate of drug-likeness (QED) is 0.496. The standard InChI is InChI=1S/C19H15BrN6O3/c20-11-4-7-13-14(9-11)17(29-12-5-6-12)23-26(18(13)28)10-16(27)22-19-21-15-3-1-2-8-25(15)24-19/h1-4,7-9,12H,5-6,10H2,(H,22,24,27). The number of pyridine rings is 1.